The first kappa shape index (κ1) is 18.8. The summed E-state index contributed by atoms with van der Waals surface area (Å²) in [4.78, 5) is 0.596. The minimum absolute atomic E-state index is 0.431. The Kier molecular flexibility index (Phi) is 6.39. The molecule has 0 amide bonds. The normalized spacial score (nSPS) is 12.8. The maximum atomic E-state index is 12.5. The first-order chi connectivity index (χ1) is 12.0. The van der Waals surface area contributed by atoms with Gasteiger partial charge < -0.3 is 14.2 Å². The van der Waals surface area contributed by atoms with Crippen LogP contribution in [0.25, 0.3) is 0 Å². The first-order valence-electron chi connectivity index (χ1n) is 7.48. The third-order valence-corrected chi connectivity index (χ3v) is 4.76. The number of nitriles is 1. The molecular weight excluding hydrogens is 340 g/mol. The van der Waals surface area contributed by atoms with E-state index in [1.54, 1.807) is 24.3 Å². The van der Waals surface area contributed by atoms with E-state index in [0.29, 0.717) is 27.7 Å². The molecule has 2 aromatic rings. The van der Waals surface area contributed by atoms with Crippen LogP contribution < -0.4 is 18.9 Å². The van der Waals surface area contributed by atoms with Gasteiger partial charge in [-0.15, -0.1) is 0 Å². The van der Waals surface area contributed by atoms with Gasteiger partial charge in [0.2, 0.25) is 5.75 Å². The van der Waals surface area contributed by atoms with Crippen molar-refractivity contribution in [2.45, 2.75) is 17.9 Å². The number of nitrogens with one attached hydrogen (secondary N) is 1. The Hall–Kier alpha value is -2.56. The molecule has 0 aliphatic carbocycles. The second-order valence-corrected chi connectivity index (χ2v) is 6.46. The van der Waals surface area contributed by atoms with Crippen molar-refractivity contribution < 1.29 is 18.4 Å². The molecule has 2 atom stereocenters. The maximum Gasteiger partial charge on any atom is 0.203 e. The van der Waals surface area contributed by atoms with Gasteiger partial charge in [0, 0.05) is 0 Å². The first-order valence-corrected chi connectivity index (χ1v) is 8.63. The molecule has 1 N–H and O–H groups in total. The van der Waals surface area contributed by atoms with Gasteiger partial charge in [0.1, 0.15) is 17.0 Å². The molecule has 0 aliphatic rings. The fourth-order valence-electron chi connectivity index (χ4n) is 2.27. The number of methoxy groups -OCH3 is 3. The predicted octanol–water partition coefficient (Wildman–Crippen LogP) is 2.90. The fraction of sp³-hybridized carbons (Fsp3) is 0.278. The third kappa shape index (κ3) is 4.29. The highest BCUT2D eigenvalue weighted by atomic mass is 32.2. The number of benzene rings is 2. The third-order valence-electron chi connectivity index (χ3n) is 3.61. The van der Waals surface area contributed by atoms with Crippen molar-refractivity contribution in [3.05, 3.63) is 47.5 Å². The van der Waals surface area contributed by atoms with Gasteiger partial charge in [-0.05, 0) is 36.8 Å². The molecular formula is C18H20N2O4S. The van der Waals surface area contributed by atoms with E-state index in [-0.39, 0.29) is 0 Å². The fourth-order valence-corrected chi connectivity index (χ4v) is 3.20. The Morgan fingerprint density at radius 3 is 2.04 bits per heavy atom. The quantitative estimate of drug-likeness (QED) is 0.821. The molecule has 0 fully saturated rings. The average molecular weight is 360 g/mol. The number of rotatable bonds is 7. The SMILES string of the molecule is COc1cc([C@H](C#N)N[S@](=O)c2ccc(C)cc2)cc(OC)c1OC. The van der Waals surface area contributed by atoms with Crippen LogP contribution in [-0.2, 0) is 11.0 Å². The van der Waals surface area contributed by atoms with E-state index >= 15 is 0 Å². The van der Waals surface area contributed by atoms with Gasteiger partial charge in [-0.25, -0.2) is 8.93 Å². The molecule has 2 aromatic carbocycles. The van der Waals surface area contributed by atoms with Crippen molar-refractivity contribution >= 4 is 11.0 Å². The van der Waals surface area contributed by atoms with Crippen molar-refractivity contribution in [1.29, 1.82) is 5.26 Å². The van der Waals surface area contributed by atoms with E-state index in [9.17, 15) is 9.47 Å². The van der Waals surface area contributed by atoms with Crippen LogP contribution in [-0.4, -0.2) is 25.5 Å². The van der Waals surface area contributed by atoms with E-state index in [0.717, 1.165) is 5.56 Å². The predicted molar refractivity (Wildman–Crippen MR) is 95.2 cm³/mol. The van der Waals surface area contributed by atoms with Crippen molar-refractivity contribution in [1.82, 2.24) is 4.72 Å². The van der Waals surface area contributed by atoms with Gasteiger partial charge in [0.25, 0.3) is 0 Å². The van der Waals surface area contributed by atoms with E-state index in [1.165, 1.54) is 21.3 Å². The molecule has 0 aliphatic heterocycles. The van der Waals surface area contributed by atoms with Crippen molar-refractivity contribution in [2.24, 2.45) is 0 Å². The van der Waals surface area contributed by atoms with Crippen LogP contribution in [0.3, 0.4) is 0 Å². The summed E-state index contributed by atoms with van der Waals surface area (Å²) in [5.41, 5.74) is 1.64. The summed E-state index contributed by atoms with van der Waals surface area (Å²) in [5, 5.41) is 9.51. The molecule has 2 rings (SSSR count). The van der Waals surface area contributed by atoms with Gasteiger partial charge >= 0.3 is 0 Å². The number of aryl methyl sites for hydroxylation is 1. The Labute approximate surface area is 149 Å². The van der Waals surface area contributed by atoms with E-state index < -0.39 is 17.0 Å². The number of hydrogen-bond donors (Lipinski definition) is 1. The molecule has 0 bridgehead atoms. The number of ether oxygens (including phenoxy) is 3. The van der Waals surface area contributed by atoms with Gasteiger partial charge in [-0.3, -0.25) is 0 Å². The van der Waals surface area contributed by atoms with Gasteiger partial charge in [0.15, 0.2) is 11.5 Å². The smallest absolute Gasteiger partial charge is 0.203 e. The van der Waals surface area contributed by atoms with Gasteiger partial charge in [-0.1, -0.05) is 17.7 Å². The van der Waals surface area contributed by atoms with Gasteiger partial charge in [-0.2, -0.15) is 5.26 Å². The van der Waals surface area contributed by atoms with Crippen molar-refractivity contribution in [3.63, 3.8) is 0 Å². The lowest BCUT2D eigenvalue weighted by Crippen LogP contribution is -2.22. The molecule has 7 heteroatoms. The second-order valence-electron chi connectivity index (χ2n) is 5.22. The van der Waals surface area contributed by atoms with Crippen LogP contribution in [0.2, 0.25) is 0 Å². The molecule has 0 saturated heterocycles. The lowest BCUT2D eigenvalue weighted by Gasteiger charge is -2.17. The molecule has 132 valence electrons. The van der Waals surface area contributed by atoms with Crippen LogP contribution in [0, 0.1) is 18.3 Å². The van der Waals surface area contributed by atoms with E-state index in [1.807, 2.05) is 19.1 Å². The summed E-state index contributed by atoms with van der Waals surface area (Å²) in [7, 11) is 2.98. The molecule has 0 spiro atoms. The molecule has 0 saturated carbocycles. The second kappa shape index (κ2) is 8.51. The lowest BCUT2D eigenvalue weighted by molar-refractivity contribution is 0.323. The molecule has 0 unspecified atom stereocenters. The van der Waals surface area contributed by atoms with Crippen LogP contribution >= 0.6 is 0 Å². The van der Waals surface area contributed by atoms with Gasteiger partial charge in [0.05, 0.1) is 32.3 Å². The highest BCUT2D eigenvalue weighted by Crippen LogP contribution is 2.39. The average Bonchev–Trinajstić information content (AvgIpc) is 2.65. The monoisotopic (exact) mass is 360 g/mol. The van der Waals surface area contributed by atoms with Crippen LogP contribution in [0.5, 0.6) is 17.2 Å². The summed E-state index contributed by atoms with van der Waals surface area (Å²) in [6.45, 7) is 1.95. The summed E-state index contributed by atoms with van der Waals surface area (Å²) in [6.07, 6.45) is 0. The highest BCUT2D eigenvalue weighted by Gasteiger charge is 2.20. The van der Waals surface area contributed by atoms with Crippen LogP contribution in [0.1, 0.15) is 17.2 Å². The number of hydrogen-bond acceptors (Lipinski definition) is 5. The Morgan fingerprint density at radius 2 is 1.60 bits per heavy atom. The Balaban J connectivity index is 2.33. The zero-order valence-corrected chi connectivity index (χ0v) is 15.3. The van der Waals surface area contributed by atoms with Crippen LogP contribution in [0.15, 0.2) is 41.3 Å². The lowest BCUT2D eigenvalue weighted by atomic mass is 10.1. The minimum atomic E-state index is -1.53. The van der Waals surface area contributed by atoms with Crippen LogP contribution in [0.4, 0.5) is 0 Å². The summed E-state index contributed by atoms with van der Waals surface area (Å²) < 4.78 is 31.2. The van der Waals surface area contributed by atoms with E-state index in [4.69, 9.17) is 14.2 Å². The molecule has 0 heterocycles. The molecule has 25 heavy (non-hydrogen) atoms. The zero-order chi connectivity index (χ0) is 18.4. The highest BCUT2D eigenvalue weighted by molar-refractivity contribution is 7.83. The summed E-state index contributed by atoms with van der Waals surface area (Å²) >= 11 is 0. The maximum absolute atomic E-state index is 12.5. The minimum Gasteiger partial charge on any atom is -0.493 e. The van der Waals surface area contributed by atoms with E-state index in [2.05, 4.69) is 10.8 Å². The molecule has 6 nitrogen and oxygen atoms in total. The standard InChI is InChI=1S/C18H20N2O4S/c1-12-5-7-14(8-6-12)25(21)20-15(11-19)13-9-16(22-2)18(24-4)17(10-13)23-3/h5-10,15,20H,1-4H3/t15-,25+/m0/s1. The Bertz CT molecular complexity index is 775. The number of nitrogens with zero attached hydrogens (tertiary/aromatic N) is 1. The molecule has 0 radical (unpaired) electrons. The largest absolute Gasteiger partial charge is 0.493 e. The summed E-state index contributed by atoms with van der Waals surface area (Å²) in [6, 6.07) is 11.9. The zero-order valence-electron chi connectivity index (χ0n) is 14.5. The molecule has 0 aromatic heterocycles. The Morgan fingerprint density at radius 1 is 1.04 bits per heavy atom. The van der Waals surface area contributed by atoms with Crippen molar-refractivity contribution in [2.75, 3.05) is 21.3 Å². The van der Waals surface area contributed by atoms with Crippen molar-refractivity contribution in [3.8, 4) is 23.3 Å². The summed E-state index contributed by atoms with van der Waals surface area (Å²) in [5.74, 6) is 1.30. The topological polar surface area (TPSA) is 80.6 Å².